The van der Waals surface area contributed by atoms with E-state index in [9.17, 15) is 4.79 Å². The van der Waals surface area contributed by atoms with Crippen LogP contribution >= 0.6 is 0 Å². The molecule has 1 heterocycles. The molecule has 2 unspecified atom stereocenters. The van der Waals surface area contributed by atoms with E-state index in [0.29, 0.717) is 11.6 Å². The van der Waals surface area contributed by atoms with Gasteiger partial charge in [0.05, 0.1) is 5.69 Å². The van der Waals surface area contributed by atoms with Gasteiger partial charge in [-0.2, -0.15) is 0 Å². The number of rotatable bonds is 3. The molecular weight excluding hydrogens is 310 g/mol. The van der Waals surface area contributed by atoms with E-state index in [2.05, 4.69) is 27.0 Å². The van der Waals surface area contributed by atoms with Gasteiger partial charge in [-0.05, 0) is 75.8 Å². The highest BCUT2D eigenvalue weighted by molar-refractivity contribution is 5.94. The van der Waals surface area contributed by atoms with E-state index < -0.39 is 0 Å². The molecule has 4 aliphatic carbocycles. The van der Waals surface area contributed by atoms with E-state index in [1.54, 1.807) is 0 Å². The topological polar surface area (TPSA) is 46.9 Å². The third kappa shape index (κ3) is 2.19. The minimum atomic E-state index is 0.0171. The van der Waals surface area contributed by atoms with Crippen LogP contribution < -0.4 is 5.32 Å². The molecule has 0 aliphatic heterocycles. The standard InChI is InChI=1S/C21H25N3O/c1-13-19(22-14(2)24(13)18-6-4-3-5-7-18)20(25)23-21-11-15-8-16(12-21)10-17(21)9-15/h3-7,15-17H,8-12H2,1-2H3,(H,23,25). The molecule has 1 amide bonds. The number of aryl methyl sites for hydroxylation is 1. The molecule has 2 aromatic rings. The Labute approximate surface area is 148 Å². The predicted octanol–water partition coefficient (Wildman–Crippen LogP) is 3.80. The zero-order valence-corrected chi connectivity index (χ0v) is 15.0. The van der Waals surface area contributed by atoms with Gasteiger partial charge < -0.3 is 9.88 Å². The second-order valence-electron chi connectivity index (χ2n) is 8.42. The van der Waals surface area contributed by atoms with Gasteiger partial charge in [0, 0.05) is 11.2 Å². The molecule has 4 aliphatic rings. The molecule has 0 radical (unpaired) electrons. The quantitative estimate of drug-likeness (QED) is 0.927. The fraction of sp³-hybridized carbons (Fsp3) is 0.524. The summed E-state index contributed by atoms with van der Waals surface area (Å²) < 4.78 is 2.07. The highest BCUT2D eigenvalue weighted by atomic mass is 16.2. The van der Waals surface area contributed by atoms with E-state index in [4.69, 9.17) is 0 Å². The lowest BCUT2D eigenvalue weighted by Gasteiger charge is -2.33. The van der Waals surface area contributed by atoms with Gasteiger partial charge in [0.2, 0.25) is 0 Å². The maximum Gasteiger partial charge on any atom is 0.272 e. The molecule has 1 aromatic carbocycles. The van der Waals surface area contributed by atoms with E-state index in [1.165, 1.54) is 32.1 Å². The van der Waals surface area contributed by atoms with E-state index >= 15 is 0 Å². The van der Waals surface area contributed by atoms with Crippen molar-refractivity contribution in [3.8, 4) is 5.69 Å². The normalized spacial score (nSPS) is 32.3. The molecule has 0 saturated heterocycles. The summed E-state index contributed by atoms with van der Waals surface area (Å²) in [6.45, 7) is 3.97. The molecule has 25 heavy (non-hydrogen) atoms. The molecule has 4 fully saturated rings. The third-order valence-electron chi connectivity index (χ3n) is 6.86. The Morgan fingerprint density at radius 3 is 2.48 bits per heavy atom. The monoisotopic (exact) mass is 335 g/mol. The number of para-hydroxylation sites is 1. The first kappa shape index (κ1) is 15.2. The smallest absolute Gasteiger partial charge is 0.272 e. The number of carbonyl (C=O) groups is 1. The van der Waals surface area contributed by atoms with Crippen LogP contribution in [0.4, 0.5) is 0 Å². The summed E-state index contributed by atoms with van der Waals surface area (Å²) in [7, 11) is 0. The first-order valence-electron chi connectivity index (χ1n) is 9.49. The van der Waals surface area contributed by atoms with Crippen molar-refractivity contribution in [2.24, 2.45) is 17.8 Å². The van der Waals surface area contributed by atoms with Crippen LogP contribution in [0.5, 0.6) is 0 Å². The van der Waals surface area contributed by atoms with Crippen molar-refractivity contribution in [3.05, 3.63) is 47.5 Å². The lowest BCUT2D eigenvalue weighted by atomic mass is 9.80. The Morgan fingerprint density at radius 1 is 1.12 bits per heavy atom. The van der Waals surface area contributed by atoms with Crippen LogP contribution in [-0.4, -0.2) is 21.0 Å². The maximum atomic E-state index is 13.1. The summed E-state index contributed by atoms with van der Waals surface area (Å²) in [6, 6.07) is 10.1. The van der Waals surface area contributed by atoms with Gasteiger partial charge >= 0.3 is 0 Å². The Hall–Kier alpha value is -2.10. The molecule has 1 aromatic heterocycles. The van der Waals surface area contributed by atoms with E-state index in [0.717, 1.165) is 29.0 Å². The molecular formula is C21H25N3O. The summed E-state index contributed by atoms with van der Waals surface area (Å²) in [4.78, 5) is 17.7. The van der Waals surface area contributed by atoms with Crippen LogP contribution in [0.1, 0.15) is 54.1 Å². The molecule has 4 bridgehead atoms. The van der Waals surface area contributed by atoms with Crippen molar-refractivity contribution >= 4 is 5.91 Å². The Balaban J connectivity index is 1.45. The van der Waals surface area contributed by atoms with Gasteiger partial charge in [-0.25, -0.2) is 4.98 Å². The van der Waals surface area contributed by atoms with Gasteiger partial charge in [-0.1, -0.05) is 18.2 Å². The second kappa shape index (κ2) is 5.20. The first-order valence-corrected chi connectivity index (χ1v) is 9.49. The number of hydrogen-bond donors (Lipinski definition) is 1. The Bertz CT molecular complexity index is 824. The van der Waals surface area contributed by atoms with Crippen LogP contribution in [0.15, 0.2) is 30.3 Å². The predicted molar refractivity (Wildman–Crippen MR) is 96.8 cm³/mol. The molecule has 130 valence electrons. The van der Waals surface area contributed by atoms with Crippen molar-refractivity contribution in [2.45, 2.75) is 51.5 Å². The van der Waals surface area contributed by atoms with Crippen LogP contribution in [0.25, 0.3) is 5.69 Å². The number of amides is 1. The van der Waals surface area contributed by atoms with Gasteiger partial charge in [-0.3, -0.25) is 4.79 Å². The summed E-state index contributed by atoms with van der Waals surface area (Å²) in [5, 5.41) is 3.45. The summed E-state index contributed by atoms with van der Waals surface area (Å²) in [5.74, 6) is 3.25. The fourth-order valence-electron chi connectivity index (χ4n) is 6.10. The van der Waals surface area contributed by atoms with Crippen LogP contribution in [0.3, 0.4) is 0 Å². The van der Waals surface area contributed by atoms with Crippen molar-refractivity contribution in [3.63, 3.8) is 0 Å². The summed E-state index contributed by atoms with van der Waals surface area (Å²) in [5.41, 5.74) is 2.63. The number of aromatic nitrogens is 2. The van der Waals surface area contributed by atoms with Gasteiger partial charge in [0.15, 0.2) is 0 Å². The first-order chi connectivity index (χ1) is 12.1. The molecule has 1 N–H and O–H groups in total. The average molecular weight is 335 g/mol. The number of nitrogens with zero attached hydrogens (tertiary/aromatic N) is 2. The Kier molecular flexibility index (Phi) is 3.16. The van der Waals surface area contributed by atoms with E-state index in [1.807, 2.05) is 32.0 Å². The van der Waals surface area contributed by atoms with Crippen molar-refractivity contribution in [1.82, 2.24) is 14.9 Å². The number of hydrogen-bond acceptors (Lipinski definition) is 2. The fourth-order valence-corrected chi connectivity index (χ4v) is 6.10. The molecule has 4 heteroatoms. The molecule has 4 nitrogen and oxygen atoms in total. The van der Waals surface area contributed by atoms with Gasteiger partial charge in [-0.15, -0.1) is 0 Å². The van der Waals surface area contributed by atoms with Gasteiger partial charge in [0.25, 0.3) is 5.91 Å². The minimum absolute atomic E-state index is 0.0171. The third-order valence-corrected chi connectivity index (χ3v) is 6.86. The highest BCUT2D eigenvalue weighted by Crippen LogP contribution is 2.60. The zero-order chi connectivity index (χ0) is 17.2. The molecule has 4 saturated carbocycles. The molecule has 6 rings (SSSR count). The number of benzene rings is 1. The Morgan fingerprint density at radius 2 is 1.80 bits per heavy atom. The summed E-state index contributed by atoms with van der Waals surface area (Å²) in [6.07, 6.45) is 6.37. The summed E-state index contributed by atoms with van der Waals surface area (Å²) >= 11 is 0. The SMILES string of the molecule is Cc1nc(C(=O)NC23CC4CC(CC2C4)C3)c(C)n1-c1ccccc1. The van der Waals surface area contributed by atoms with Crippen LogP contribution in [0, 0.1) is 31.6 Å². The van der Waals surface area contributed by atoms with Crippen LogP contribution in [0.2, 0.25) is 0 Å². The van der Waals surface area contributed by atoms with Crippen LogP contribution in [-0.2, 0) is 0 Å². The lowest BCUT2D eigenvalue weighted by Crippen LogP contribution is -2.49. The minimum Gasteiger partial charge on any atom is -0.345 e. The second-order valence-corrected chi connectivity index (χ2v) is 8.42. The van der Waals surface area contributed by atoms with Crippen molar-refractivity contribution in [2.75, 3.05) is 0 Å². The average Bonchev–Trinajstić information content (AvgIpc) is 3.10. The van der Waals surface area contributed by atoms with Crippen molar-refractivity contribution in [1.29, 1.82) is 0 Å². The lowest BCUT2D eigenvalue weighted by molar-refractivity contribution is 0.0869. The maximum absolute atomic E-state index is 13.1. The van der Waals surface area contributed by atoms with E-state index in [-0.39, 0.29) is 11.4 Å². The highest BCUT2D eigenvalue weighted by Gasteiger charge is 2.58. The number of carbonyl (C=O) groups excluding carboxylic acids is 1. The largest absolute Gasteiger partial charge is 0.345 e. The molecule has 2 atom stereocenters. The number of nitrogens with one attached hydrogen (secondary N) is 1. The van der Waals surface area contributed by atoms with Crippen molar-refractivity contribution < 1.29 is 4.79 Å². The molecule has 0 spiro atoms. The zero-order valence-electron chi connectivity index (χ0n) is 15.0. The van der Waals surface area contributed by atoms with Gasteiger partial charge in [0.1, 0.15) is 11.5 Å². The number of imidazole rings is 1.